The number of halogens is 3. The average Bonchev–Trinajstić information content (AvgIpc) is 2.23. The van der Waals surface area contributed by atoms with Crippen LogP contribution in [0.3, 0.4) is 0 Å². The van der Waals surface area contributed by atoms with Gasteiger partial charge in [-0.2, -0.15) is 13.2 Å². The molecule has 0 aliphatic heterocycles. The van der Waals surface area contributed by atoms with Crippen LogP contribution in [0.4, 0.5) is 13.2 Å². The Morgan fingerprint density at radius 1 is 1.28 bits per heavy atom. The van der Waals surface area contributed by atoms with E-state index in [1.807, 2.05) is 0 Å². The molecular formula is C12H15F3N2O. The normalized spacial score (nSPS) is 12.3. The molecule has 1 aromatic rings. The molecule has 1 rings (SSSR count). The molecular weight excluding hydrogens is 245 g/mol. The van der Waals surface area contributed by atoms with Gasteiger partial charge in [-0.15, -0.1) is 0 Å². The van der Waals surface area contributed by atoms with Crippen LogP contribution in [-0.2, 0) is 17.5 Å². The summed E-state index contributed by atoms with van der Waals surface area (Å²) < 4.78 is 38.0. The van der Waals surface area contributed by atoms with E-state index in [2.05, 4.69) is 5.32 Å². The zero-order valence-electron chi connectivity index (χ0n) is 10.1. The molecule has 0 saturated heterocycles. The van der Waals surface area contributed by atoms with Crippen molar-refractivity contribution in [2.75, 3.05) is 0 Å². The molecule has 0 heterocycles. The fourth-order valence-electron chi connectivity index (χ4n) is 1.35. The molecule has 3 nitrogen and oxygen atoms in total. The number of carbonyl (C=O) groups is 1. The summed E-state index contributed by atoms with van der Waals surface area (Å²) in [4.78, 5) is 11.5. The summed E-state index contributed by atoms with van der Waals surface area (Å²) in [5, 5.41) is 2.39. The van der Waals surface area contributed by atoms with Gasteiger partial charge in [0.2, 0.25) is 5.91 Å². The molecule has 0 aromatic heterocycles. The van der Waals surface area contributed by atoms with Crippen LogP contribution in [0, 0.1) is 0 Å². The van der Waals surface area contributed by atoms with Crippen LogP contribution >= 0.6 is 0 Å². The van der Waals surface area contributed by atoms with Crippen LogP contribution in [0.25, 0.3) is 0 Å². The number of hydrogen-bond acceptors (Lipinski definition) is 2. The van der Waals surface area contributed by atoms with Crippen LogP contribution in [0.15, 0.2) is 24.3 Å². The van der Waals surface area contributed by atoms with Gasteiger partial charge in [-0.05, 0) is 25.5 Å². The maximum atomic E-state index is 12.7. The minimum atomic E-state index is -4.43. The lowest BCUT2D eigenvalue weighted by molar-refractivity contribution is -0.138. The second-order valence-corrected chi connectivity index (χ2v) is 4.56. The number of amides is 1. The van der Waals surface area contributed by atoms with E-state index in [0.29, 0.717) is 0 Å². The Balaban J connectivity index is 2.84. The smallest absolute Gasteiger partial charge is 0.350 e. The van der Waals surface area contributed by atoms with Crippen molar-refractivity contribution in [1.29, 1.82) is 0 Å². The first kappa shape index (κ1) is 14.5. The Morgan fingerprint density at radius 2 is 1.83 bits per heavy atom. The minimum Gasteiger partial charge on any atom is -0.350 e. The van der Waals surface area contributed by atoms with E-state index in [4.69, 9.17) is 5.73 Å². The maximum Gasteiger partial charge on any atom is 0.416 e. The van der Waals surface area contributed by atoms with Gasteiger partial charge in [0.25, 0.3) is 0 Å². The summed E-state index contributed by atoms with van der Waals surface area (Å²) in [6, 6.07) is 5.10. The summed E-state index contributed by atoms with van der Waals surface area (Å²) in [6.07, 6.45) is -4.43. The standard InChI is InChI=1S/C12H15F3N2O/c1-11(2,16)10(18)17-7-8-5-3-4-6-9(8)12(13,14)15/h3-6H,7,16H2,1-2H3,(H,17,18). The number of rotatable bonds is 3. The first-order chi connectivity index (χ1) is 8.12. The Hall–Kier alpha value is -1.56. The van der Waals surface area contributed by atoms with Crippen molar-refractivity contribution in [2.24, 2.45) is 5.73 Å². The third-order valence-corrected chi connectivity index (χ3v) is 2.35. The zero-order valence-corrected chi connectivity index (χ0v) is 10.1. The molecule has 0 fully saturated rings. The third-order valence-electron chi connectivity index (χ3n) is 2.35. The molecule has 0 aliphatic rings. The van der Waals surface area contributed by atoms with E-state index < -0.39 is 23.2 Å². The van der Waals surface area contributed by atoms with Gasteiger partial charge in [-0.3, -0.25) is 4.79 Å². The highest BCUT2D eigenvalue weighted by atomic mass is 19.4. The number of alkyl halides is 3. The molecule has 100 valence electrons. The molecule has 0 atom stereocenters. The zero-order chi connectivity index (χ0) is 14.0. The monoisotopic (exact) mass is 260 g/mol. The van der Waals surface area contributed by atoms with Crippen LogP contribution in [-0.4, -0.2) is 11.4 Å². The lowest BCUT2D eigenvalue weighted by Gasteiger charge is -2.19. The molecule has 0 bridgehead atoms. The second kappa shape index (κ2) is 4.97. The third kappa shape index (κ3) is 3.73. The van der Waals surface area contributed by atoms with E-state index in [9.17, 15) is 18.0 Å². The highest BCUT2D eigenvalue weighted by Gasteiger charge is 2.33. The molecule has 18 heavy (non-hydrogen) atoms. The predicted octanol–water partition coefficient (Wildman–Crippen LogP) is 2.06. The molecule has 0 unspecified atom stereocenters. The second-order valence-electron chi connectivity index (χ2n) is 4.56. The summed E-state index contributed by atoms with van der Waals surface area (Å²) in [7, 11) is 0. The van der Waals surface area contributed by atoms with Crippen molar-refractivity contribution in [3.63, 3.8) is 0 Å². The van der Waals surface area contributed by atoms with E-state index in [1.54, 1.807) is 0 Å². The largest absolute Gasteiger partial charge is 0.416 e. The van der Waals surface area contributed by atoms with Gasteiger partial charge in [0.05, 0.1) is 11.1 Å². The van der Waals surface area contributed by atoms with Gasteiger partial charge >= 0.3 is 6.18 Å². The predicted molar refractivity (Wildman–Crippen MR) is 61.6 cm³/mol. The van der Waals surface area contributed by atoms with Crippen molar-refractivity contribution in [3.8, 4) is 0 Å². The van der Waals surface area contributed by atoms with Crippen LogP contribution < -0.4 is 11.1 Å². The SMILES string of the molecule is CC(C)(N)C(=O)NCc1ccccc1C(F)(F)F. The quantitative estimate of drug-likeness (QED) is 0.874. The summed E-state index contributed by atoms with van der Waals surface area (Å²) >= 11 is 0. The van der Waals surface area contributed by atoms with Gasteiger partial charge < -0.3 is 11.1 Å². The fourth-order valence-corrected chi connectivity index (χ4v) is 1.35. The van der Waals surface area contributed by atoms with Gasteiger partial charge in [-0.25, -0.2) is 0 Å². The molecule has 0 radical (unpaired) electrons. The molecule has 1 aromatic carbocycles. The number of carbonyl (C=O) groups excluding carboxylic acids is 1. The van der Waals surface area contributed by atoms with E-state index >= 15 is 0 Å². The van der Waals surface area contributed by atoms with Crippen molar-refractivity contribution >= 4 is 5.91 Å². The average molecular weight is 260 g/mol. The summed E-state index contributed by atoms with van der Waals surface area (Å²) in [5.41, 5.74) is 3.68. The number of benzene rings is 1. The lowest BCUT2D eigenvalue weighted by Crippen LogP contribution is -2.48. The Labute approximate surface area is 103 Å². The van der Waals surface area contributed by atoms with Gasteiger partial charge in [0, 0.05) is 6.54 Å². The highest BCUT2D eigenvalue weighted by Crippen LogP contribution is 2.31. The van der Waals surface area contributed by atoms with E-state index in [0.717, 1.165) is 6.07 Å². The molecule has 0 aliphatic carbocycles. The van der Waals surface area contributed by atoms with Crippen molar-refractivity contribution in [3.05, 3.63) is 35.4 Å². The van der Waals surface area contributed by atoms with Crippen molar-refractivity contribution < 1.29 is 18.0 Å². The fraction of sp³-hybridized carbons (Fsp3) is 0.417. The molecule has 3 N–H and O–H groups in total. The Kier molecular flexibility index (Phi) is 4.01. The van der Waals surface area contributed by atoms with Crippen LogP contribution in [0.5, 0.6) is 0 Å². The molecule has 6 heteroatoms. The number of hydrogen-bond donors (Lipinski definition) is 2. The van der Waals surface area contributed by atoms with Gasteiger partial charge in [0.1, 0.15) is 0 Å². The van der Waals surface area contributed by atoms with E-state index in [1.165, 1.54) is 32.0 Å². The number of nitrogens with one attached hydrogen (secondary N) is 1. The Morgan fingerprint density at radius 3 is 2.33 bits per heavy atom. The van der Waals surface area contributed by atoms with Crippen molar-refractivity contribution in [2.45, 2.75) is 32.1 Å². The number of nitrogens with two attached hydrogens (primary N) is 1. The first-order valence-electron chi connectivity index (χ1n) is 5.34. The first-order valence-corrected chi connectivity index (χ1v) is 5.34. The topological polar surface area (TPSA) is 55.1 Å². The van der Waals surface area contributed by atoms with Crippen molar-refractivity contribution in [1.82, 2.24) is 5.32 Å². The van der Waals surface area contributed by atoms with E-state index in [-0.39, 0.29) is 12.1 Å². The summed E-state index contributed by atoms with van der Waals surface area (Å²) in [5.74, 6) is -0.500. The molecule has 0 spiro atoms. The Bertz CT molecular complexity index is 436. The molecule has 1 amide bonds. The van der Waals surface area contributed by atoms with Crippen LogP contribution in [0.1, 0.15) is 25.0 Å². The minimum absolute atomic E-state index is 0.0163. The molecule has 0 saturated carbocycles. The highest BCUT2D eigenvalue weighted by molar-refractivity contribution is 5.85. The maximum absolute atomic E-state index is 12.7. The van der Waals surface area contributed by atoms with Crippen LogP contribution in [0.2, 0.25) is 0 Å². The van der Waals surface area contributed by atoms with Gasteiger partial charge in [0.15, 0.2) is 0 Å². The lowest BCUT2D eigenvalue weighted by atomic mass is 10.0. The summed E-state index contributed by atoms with van der Waals surface area (Å²) in [6.45, 7) is 2.77. The van der Waals surface area contributed by atoms with Gasteiger partial charge in [-0.1, -0.05) is 18.2 Å².